The smallest absolute Gasteiger partial charge is 0.131 e. The zero-order valence-corrected chi connectivity index (χ0v) is 14.6. The lowest BCUT2D eigenvalue weighted by molar-refractivity contribution is 0.305. The molecule has 0 aliphatic heterocycles. The van der Waals surface area contributed by atoms with E-state index in [9.17, 15) is 9.65 Å². The van der Waals surface area contributed by atoms with Crippen LogP contribution in [0.4, 0.5) is 4.39 Å². The Kier molecular flexibility index (Phi) is 5.68. The highest BCUT2D eigenvalue weighted by atomic mass is 35.5. The van der Waals surface area contributed by atoms with Gasteiger partial charge in [-0.15, -0.1) is 0 Å². The standard InChI is InChI=1S/C22H15ClFNO/c23-20-10-4-1-8-17(20)15-26-22-12-6-2-7-16(22)13-18(14-25)19-9-3-5-11-21(19)24/h1-13H,15H2. The Hall–Kier alpha value is -3.09. The number of rotatable bonds is 5. The largest absolute Gasteiger partial charge is 0.488 e. The molecule has 0 unspecified atom stereocenters. The van der Waals surface area contributed by atoms with Crippen LogP contribution in [0.3, 0.4) is 0 Å². The van der Waals surface area contributed by atoms with Crippen molar-refractivity contribution in [2.24, 2.45) is 0 Å². The van der Waals surface area contributed by atoms with Crippen molar-refractivity contribution < 1.29 is 9.13 Å². The Morgan fingerprint density at radius 1 is 1.00 bits per heavy atom. The van der Waals surface area contributed by atoms with E-state index in [1.165, 1.54) is 6.07 Å². The SMILES string of the molecule is N#CC(=Cc1ccccc1OCc1ccccc1Cl)c1ccccc1F. The average molecular weight is 364 g/mol. The Bertz CT molecular complexity index is 991. The van der Waals surface area contributed by atoms with Crippen molar-refractivity contribution in [2.45, 2.75) is 6.61 Å². The molecular formula is C22H15ClFNO. The molecule has 3 aromatic carbocycles. The minimum atomic E-state index is -0.435. The summed E-state index contributed by atoms with van der Waals surface area (Å²) in [5.41, 5.74) is 2.05. The lowest BCUT2D eigenvalue weighted by Crippen LogP contribution is -1.98. The van der Waals surface area contributed by atoms with E-state index < -0.39 is 5.82 Å². The van der Waals surface area contributed by atoms with E-state index >= 15 is 0 Å². The summed E-state index contributed by atoms with van der Waals surface area (Å²) >= 11 is 6.16. The normalized spacial score (nSPS) is 11.0. The number of allylic oxidation sites excluding steroid dienone is 1. The summed E-state index contributed by atoms with van der Waals surface area (Å²) in [6, 6.07) is 23.0. The van der Waals surface area contributed by atoms with Crippen molar-refractivity contribution in [1.82, 2.24) is 0 Å². The van der Waals surface area contributed by atoms with Crippen LogP contribution in [0, 0.1) is 17.1 Å². The van der Waals surface area contributed by atoms with Crippen molar-refractivity contribution in [1.29, 1.82) is 5.26 Å². The number of nitriles is 1. The number of ether oxygens (including phenoxy) is 1. The van der Waals surface area contributed by atoms with Crippen LogP contribution in [0.5, 0.6) is 5.75 Å². The number of hydrogen-bond acceptors (Lipinski definition) is 2. The van der Waals surface area contributed by atoms with Gasteiger partial charge in [-0.3, -0.25) is 0 Å². The molecule has 3 rings (SSSR count). The second-order valence-corrected chi connectivity index (χ2v) is 5.97. The van der Waals surface area contributed by atoms with E-state index in [2.05, 4.69) is 6.07 Å². The zero-order valence-electron chi connectivity index (χ0n) is 13.8. The Balaban J connectivity index is 1.90. The zero-order chi connectivity index (χ0) is 18.4. The Labute approximate surface area is 156 Å². The monoisotopic (exact) mass is 363 g/mol. The molecule has 26 heavy (non-hydrogen) atoms. The Morgan fingerprint density at radius 3 is 2.46 bits per heavy atom. The van der Waals surface area contributed by atoms with Crippen molar-refractivity contribution in [3.05, 3.63) is 100 Å². The number of nitrogens with zero attached hydrogens (tertiary/aromatic N) is 1. The quantitative estimate of drug-likeness (QED) is 0.404. The summed E-state index contributed by atoms with van der Waals surface area (Å²) in [5.74, 6) is 0.159. The van der Waals surface area contributed by atoms with Crippen LogP contribution in [0.2, 0.25) is 5.02 Å². The van der Waals surface area contributed by atoms with Gasteiger partial charge in [0.2, 0.25) is 0 Å². The van der Waals surface area contributed by atoms with Gasteiger partial charge < -0.3 is 4.74 Å². The third-order valence-corrected chi connectivity index (χ3v) is 4.21. The van der Waals surface area contributed by atoms with Gasteiger partial charge in [-0.05, 0) is 24.3 Å². The molecule has 0 aliphatic carbocycles. The van der Waals surface area contributed by atoms with Crippen molar-refractivity contribution >= 4 is 23.3 Å². The van der Waals surface area contributed by atoms with Gasteiger partial charge in [0, 0.05) is 21.7 Å². The number of halogens is 2. The second-order valence-electron chi connectivity index (χ2n) is 5.57. The van der Waals surface area contributed by atoms with Gasteiger partial charge in [0.25, 0.3) is 0 Å². The van der Waals surface area contributed by atoms with E-state index in [-0.39, 0.29) is 11.1 Å². The molecule has 128 valence electrons. The van der Waals surface area contributed by atoms with Crippen LogP contribution >= 0.6 is 11.6 Å². The molecule has 0 heterocycles. The first-order valence-electron chi connectivity index (χ1n) is 8.01. The molecule has 0 saturated carbocycles. The predicted molar refractivity (Wildman–Crippen MR) is 102 cm³/mol. The summed E-state index contributed by atoms with van der Waals surface area (Å²) < 4.78 is 19.9. The topological polar surface area (TPSA) is 33.0 Å². The fourth-order valence-corrected chi connectivity index (χ4v) is 2.70. The maximum absolute atomic E-state index is 14.0. The summed E-state index contributed by atoms with van der Waals surface area (Å²) in [6.07, 6.45) is 1.63. The van der Waals surface area contributed by atoms with E-state index in [0.29, 0.717) is 22.9 Å². The molecule has 0 amide bonds. The van der Waals surface area contributed by atoms with Crippen LogP contribution in [-0.2, 0) is 6.61 Å². The van der Waals surface area contributed by atoms with Gasteiger partial charge in [0.15, 0.2) is 0 Å². The summed E-state index contributed by atoms with van der Waals surface area (Å²) in [4.78, 5) is 0. The molecule has 0 fully saturated rings. The lowest BCUT2D eigenvalue weighted by Gasteiger charge is -2.11. The van der Waals surface area contributed by atoms with E-state index in [0.717, 1.165) is 5.56 Å². The highest BCUT2D eigenvalue weighted by molar-refractivity contribution is 6.31. The van der Waals surface area contributed by atoms with Crippen LogP contribution in [0.15, 0.2) is 72.8 Å². The van der Waals surface area contributed by atoms with Crippen LogP contribution in [0.25, 0.3) is 11.6 Å². The van der Waals surface area contributed by atoms with E-state index in [1.807, 2.05) is 36.4 Å². The molecule has 0 bridgehead atoms. The first kappa shape index (κ1) is 17.7. The Morgan fingerprint density at radius 2 is 1.69 bits per heavy atom. The number of benzene rings is 3. The van der Waals surface area contributed by atoms with Crippen LogP contribution in [0.1, 0.15) is 16.7 Å². The summed E-state index contributed by atoms with van der Waals surface area (Å²) in [7, 11) is 0. The van der Waals surface area contributed by atoms with Crippen LogP contribution in [-0.4, -0.2) is 0 Å². The third-order valence-electron chi connectivity index (χ3n) is 3.84. The molecular weight excluding hydrogens is 349 g/mol. The molecule has 3 aromatic rings. The summed E-state index contributed by atoms with van der Waals surface area (Å²) in [5, 5.41) is 10.1. The molecule has 4 heteroatoms. The second kappa shape index (κ2) is 8.33. The highest BCUT2D eigenvalue weighted by Gasteiger charge is 2.09. The number of hydrogen-bond donors (Lipinski definition) is 0. The molecule has 0 aliphatic rings. The summed E-state index contributed by atoms with van der Waals surface area (Å²) in [6.45, 7) is 0.298. The average Bonchev–Trinajstić information content (AvgIpc) is 2.67. The number of para-hydroxylation sites is 1. The molecule has 0 saturated heterocycles. The highest BCUT2D eigenvalue weighted by Crippen LogP contribution is 2.27. The molecule has 0 aromatic heterocycles. The van der Waals surface area contributed by atoms with Gasteiger partial charge in [-0.2, -0.15) is 5.26 Å². The lowest BCUT2D eigenvalue weighted by atomic mass is 10.0. The van der Waals surface area contributed by atoms with Crippen molar-refractivity contribution in [3.63, 3.8) is 0 Å². The van der Waals surface area contributed by atoms with Crippen molar-refractivity contribution in [3.8, 4) is 11.8 Å². The molecule has 0 radical (unpaired) electrons. The third kappa shape index (κ3) is 4.11. The fourth-order valence-electron chi connectivity index (χ4n) is 2.51. The molecule has 0 atom stereocenters. The van der Waals surface area contributed by atoms with Gasteiger partial charge in [0.1, 0.15) is 18.2 Å². The first-order chi connectivity index (χ1) is 12.7. The fraction of sp³-hybridized carbons (Fsp3) is 0.0455. The molecule has 0 spiro atoms. The van der Waals surface area contributed by atoms with E-state index in [1.54, 1.807) is 36.4 Å². The van der Waals surface area contributed by atoms with Gasteiger partial charge in [-0.1, -0.05) is 66.2 Å². The maximum Gasteiger partial charge on any atom is 0.131 e. The molecule has 0 N–H and O–H groups in total. The van der Waals surface area contributed by atoms with E-state index in [4.69, 9.17) is 16.3 Å². The van der Waals surface area contributed by atoms with Crippen molar-refractivity contribution in [2.75, 3.05) is 0 Å². The predicted octanol–water partition coefficient (Wildman–Crippen LogP) is 6.12. The molecule has 2 nitrogen and oxygen atoms in total. The van der Waals surface area contributed by atoms with Gasteiger partial charge in [0.05, 0.1) is 11.6 Å². The van der Waals surface area contributed by atoms with Gasteiger partial charge >= 0.3 is 0 Å². The first-order valence-corrected chi connectivity index (χ1v) is 8.39. The van der Waals surface area contributed by atoms with Crippen LogP contribution < -0.4 is 4.74 Å². The minimum absolute atomic E-state index is 0.233. The minimum Gasteiger partial charge on any atom is -0.488 e. The maximum atomic E-state index is 14.0. The van der Waals surface area contributed by atoms with Gasteiger partial charge in [-0.25, -0.2) is 4.39 Å².